The van der Waals surface area contributed by atoms with E-state index >= 15 is 0 Å². The van der Waals surface area contributed by atoms with Crippen LogP contribution in [-0.2, 0) is 6.18 Å². The zero-order chi connectivity index (χ0) is 24.0. The van der Waals surface area contributed by atoms with Crippen LogP contribution in [0.1, 0.15) is 41.6 Å². The monoisotopic (exact) mass is 470 g/mol. The number of amides is 1. The maximum Gasteiger partial charge on any atom is 0.434 e. The molecule has 2 bridgehead atoms. The molecule has 176 valence electrons. The van der Waals surface area contributed by atoms with Crippen molar-refractivity contribution < 1.29 is 22.7 Å². The average Bonchev–Trinajstić information content (AvgIpc) is 3.36. The number of hydrogen-bond donors (Lipinski definition) is 0. The smallest absolute Gasteiger partial charge is 0.434 e. The molecule has 0 aromatic carbocycles. The molecule has 1 saturated carbocycles. The number of fused-ring (bicyclic) bond motifs is 2. The highest BCUT2D eigenvalue weighted by Gasteiger charge is 2.53. The van der Waals surface area contributed by atoms with Gasteiger partial charge in [0.05, 0.1) is 24.0 Å². The van der Waals surface area contributed by atoms with Crippen molar-refractivity contribution in [2.24, 2.45) is 5.92 Å². The number of aryl methyl sites for hydroxylation is 1. The van der Waals surface area contributed by atoms with Gasteiger partial charge in [0.25, 0.3) is 5.91 Å². The molecule has 0 spiro atoms. The van der Waals surface area contributed by atoms with Gasteiger partial charge >= 0.3 is 6.18 Å². The number of rotatable bonds is 4. The van der Waals surface area contributed by atoms with Crippen LogP contribution < -0.4 is 4.74 Å². The van der Waals surface area contributed by atoms with Gasteiger partial charge in [0, 0.05) is 24.1 Å². The second-order valence-corrected chi connectivity index (χ2v) is 8.57. The topological polar surface area (TPSA) is 94.0 Å². The first-order chi connectivity index (χ1) is 16.2. The van der Waals surface area contributed by atoms with Crippen molar-refractivity contribution in [3.05, 3.63) is 60.1 Å². The highest BCUT2D eigenvalue weighted by Crippen LogP contribution is 2.45. The molecule has 3 aromatic rings. The summed E-state index contributed by atoms with van der Waals surface area (Å²) in [5, 5.41) is 0. The number of likely N-dealkylation sites (tertiary alicyclic amines) is 1. The molecule has 2 fully saturated rings. The summed E-state index contributed by atoms with van der Waals surface area (Å²) in [6, 6.07) is 4.99. The molecule has 1 aliphatic carbocycles. The molecule has 2 aliphatic rings. The van der Waals surface area contributed by atoms with Gasteiger partial charge in [0.15, 0.2) is 11.5 Å². The van der Waals surface area contributed by atoms with Crippen LogP contribution in [0, 0.1) is 12.8 Å². The molecule has 34 heavy (non-hydrogen) atoms. The fourth-order valence-electron chi connectivity index (χ4n) is 4.83. The number of halogens is 3. The summed E-state index contributed by atoms with van der Waals surface area (Å²) in [5.41, 5.74) is 0.406. The van der Waals surface area contributed by atoms with Gasteiger partial charge in [-0.05, 0) is 50.8 Å². The minimum Gasteiger partial charge on any atom is -0.471 e. The average molecular weight is 470 g/mol. The maximum absolute atomic E-state index is 13.7. The van der Waals surface area contributed by atoms with E-state index in [-0.39, 0.29) is 35.5 Å². The molecule has 0 N–H and O–H groups in total. The van der Waals surface area contributed by atoms with Crippen molar-refractivity contribution in [2.45, 2.75) is 51.1 Å². The molecule has 8 nitrogen and oxygen atoms in total. The normalized spacial score (nSPS) is 23.9. The predicted octanol–water partition coefficient (Wildman–Crippen LogP) is 3.73. The van der Waals surface area contributed by atoms with E-state index in [1.165, 1.54) is 0 Å². The number of carbonyl (C=O) groups is 1. The van der Waals surface area contributed by atoms with Crippen molar-refractivity contribution in [1.29, 1.82) is 0 Å². The van der Waals surface area contributed by atoms with Crippen LogP contribution in [0.15, 0.2) is 43.0 Å². The van der Waals surface area contributed by atoms with Gasteiger partial charge in [-0.25, -0.2) is 24.9 Å². The Bertz CT molecular complexity index is 1210. The molecule has 1 saturated heterocycles. The van der Waals surface area contributed by atoms with E-state index in [4.69, 9.17) is 4.74 Å². The van der Waals surface area contributed by atoms with E-state index < -0.39 is 18.0 Å². The summed E-state index contributed by atoms with van der Waals surface area (Å²) < 4.78 is 44.2. The number of aromatic nitrogens is 5. The maximum atomic E-state index is 13.7. The van der Waals surface area contributed by atoms with Crippen LogP contribution in [-0.4, -0.2) is 53.9 Å². The van der Waals surface area contributed by atoms with Crippen LogP contribution in [0.5, 0.6) is 5.88 Å². The Labute approximate surface area is 193 Å². The summed E-state index contributed by atoms with van der Waals surface area (Å²) in [6.07, 6.45) is 1.25. The third-order valence-electron chi connectivity index (χ3n) is 6.46. The molecule has 1 amide bonds. The number of nitrogens with zero attached hydrogens (tertiary/aromatic N) is 6. The van der Waals surface area contributed by atoms with Crippen LogP contribution >= 0.6 is 0 Å². The molecule has 4 heterocycles. The fourth-order valence-corrected chi connectivity index (χ4v) is 4.83. The molecule has 2 unspecified atom stereocenters. The minimum atomic E-state index is -4.57. The summed E-state index contributed by atoms with van der Waals surface area (Å²) in [4.78, 5) is 35.7. The predicted molar refractivity (Wildman–Crippen MR) is 114 cm³/mol. The second-order valence-electron chi connectivity index (χ2n) is 8.57. The lowest BCUT2D eigenvalue weighted by atomic mass is 9.98. The SMILES string of the molecule is Cc1ccc(-c2ncccn2)c(C(=O)N2C(C)C3C[C@@H](Oc4cnc(C(F)(F)F)cn4)[C@@H]2C3)n1. The first kappa shape index (κ1) is 22.2. The first-order valence-electron chi connectivity index (χ1n) is 10.9. The first-order valence-corrected chi connectivity index (χ1v) is 10.9. The van der Waals surface area contributed by atoms with Crippen LogP contribution in [0.2, 0.25) is 0 Å². The molecule has 3 aromatic heterocycles. The summed E-state index contributed by atoms with van der Waals surface area (Å²) >= 11 is 0. The largest absolute Gasteiger partial charge is 0.471 e. The second kappa shape index (κ2) is 8.30. The molecule has 5 rings (SSSR count). The van der Waals surface area contributed by atoms with E-state index in [0.717, 1.165) is 12.6 Å². The van der Waals surface area contributed by atoms with Gasteiger partial charge in [-0.15, -0.1) is 0 Å². The van der Waals surface area contributed by atoms with E-state index in [1.54, 1.807) is 42.4 Å². The summed E-state index contributed by atoms with van der Waals surface area (Å²) in [7, 11) is 0. The van der Waals surface area contributed by atoms with Crippen LogP contribution in [0.4, 0.5) is 13.2 Å². The summed E-state index contributed by atoms with van der Waals surface area (Å²) in [5.74, 6) is 0.349. The number of ether oxygens (including phenoxy) is 1. The van der Waals surface area contributed by atoms with Gasteiger partial charge in [-0.1, -0.05) is 0 Å². The number of alkyl halides is 3. The quantitative estimate of drug-likeness (QED) is 0.574. The van der Waals surface area contributed by atoms with Gasteiger partial charge < -0.3 is 9.64 Å². The molecule has 0 radical (unpaired) electrons. The Kier molecular flexibility index (Phi) is 5.41. The zero-order valence-corrected chi connectivity index (χ0v) is 18.4. The summed E-state index contributed by atoms with van der Waals surface area (Å²) in [6.45, 7) is 3.80. The Morgan fingerprint density at radius 2 is 1.85 bits per heavy atom. The standard InChI is InChI=1S/C23H21F3N6O2/c1-12-4-5-15(21-27-6-3-7-28-21)20(31-12)22(33)32-13(2)14-8-16(32)17(9-14)34-19-11-29-18(10-30-19)23(24,25)26/h3-7,10-11,13-14,16-17H,8-9H2,1-2H3/t13?,14?,16-,17+/m0/s1. The Morgan fingerprint density at radius 3 is 2.50 bits per heavy atom. The molecular weight excluding hydrogens is 449 g/mol. The van der Waals surface area contributed by atoms with Crippen molar-refractivity contribution in [2.75, 3.05) is 0 Å². The van der Waals surface area contributed by atoms with E-state index in [1.807, 2.05) is 6.92 Å². The molecule has 4 atom stereocenters. The molecular formula is C23H21F3N6O2. The third-order valence-corrected chi connectivity index (χ3v) is 6.46. The van der Waals surface area contributed by atoms with Crippen molar-refractivity contribution in [1.82, 2.24) is 29.8 Å². The highest BCUT2D eigenvalue weighted by molar-refractivity contribution is 5.99. The lowest BCUT2D eigenvalue weighted by Crippen LogP contribution is -2.51. The highest BCUT2D eigenvalue weighted by atomic mass is 19.4. The fraction of sp³-hybridized carbons (Fsp3) is 0.391. The minimum absolute atomic E-state index is 0.00217. The number of carbonyl (C=O) groups excluding carboxylic acids is 1. The van der Waals surface area contributed by atoms with Crippen LogP contribution in [0.3, 0.4) is 0 Å². The lowest BCUT2D eigenvalue weighted by Gasteiger charge is -2.37. The number of hydrogen-bond acceptors (Lipinski definition) is 7. The number of piperidine rings is 1. The van der Waals surface area contributed by atoms with Gasteiger partial charge in [0.1, 0.15) is 11.8 Å². The Morgan fingerprint density at radius 1 is 1.09 bits per heavy atom. The van der Waals surface area contributed by atoms with Crippen molar-refractivity contribution >= 4 is 5.91 Å². The van der Waals surface area contributed by atoms with E-state index in [9.17, 15) is 18.0 Å². The Balaban J connectivity index is 1.41. The van der Waals surface area contributed by atoms with Crippen molar-refractivity contribution in [3.63, 3.8) is 0 Å². The van der Waals surface area contributed by atoms with Gasteiger partial charge in [0.2, 0.25) is 5.88 Å². The number of pyridine rings is 1. The van der Waals surface area contributed by atoms with E-state index in [0.29, 0.717) is 29.7 Å². The Hall–Kier alpha value is -3.63. The zero-order valence-electron chi connectivity index (χ0n) is 18.4. The molecule has 1 aliphatic heterocycles. The van der Waals surface area contributed by atoms with Gasteiger partial charge in [-0.3, -0.25) is 4.79 Å². The lowest BCUT2D eigenvalue weighted by molar-refractivity contribution is -0.141. The van der Waals surface area contributed by atoms with Crippen molar-refractivity contribution in [3.8, 4) is 17.3 Å². The molecule has 11 heteroatoms. The van der Waals surface area contributed by atoms with Crippen LogP contribution in [0.25, 0.3) is 11.4 Å². The van der Waals surface area contributed by atoms with E-state index in [2.05, 4.69) is 24.9 Å². The third kappa shape index (κ3) is 3.95. The van der Waals surface area contributed by atoms with Gasteiger partial charge in [-0.2, -0.15) is 13.2 Å².